The van der Waals surface area contributed by atoms with Crippen molar-refractivity contribution in [3.63, 3.8) is 0 Å². The van der Waals surface area contributed by atoms with Crippen LogP contribution in [-0.2, 0) is 16.1 Å². The van der Waals surface area contributed by atoms with Crippen LogP contribution in [-0.4, -0.2) is 28.7 Å². The van der Waals surface area contributed by atoms with Crippen molar-refractivity contribution in [1.82, 2.24) is 4.90 Å². The summed E-state index contributed by atoms with van der Waals surface area (Å²) in [5, 5.41) is 13.8. The summed E-state index contributed by atoms with van der Waals surface area (Å²) < 4.78 is 0. The smallest absolute Gasteiger partial charge is 0.269 e. The monoisotopic (exact) mass is 291 g/mol. The Labute approximate surface area is 122 Å². The molecule has 1 heterocycles. The van der Waals surface area contributed by atoms with E-state index in [2.05, 4.69) is 5.32 Å². The van der Waals surface area contributed by atoms with Crippen LogP contribution in [0.3, 0.4) is 0 Å². The molecule has 0 bridgehead atoms. The number of carbonyl (C=O) groups excluding carboxylic acids is 2. The van der Waals surface area contributed by atoms with Crippen LogP contribution < -0.4 is 5.32 Å². The molecule has 21 heavy (non-hydrogen) atoms. The van der Waals surface area contributed by atoms with E-state index in [1.807, 2.05) is 0 Å². The highest BCUT2D eigenvalue weighted by atomic mass is 16.6. The Morgan fingerprint density at radius 1 is 1.24 bits per heavy atom. The maximum Gasteiger partial charge on any atom is 0.269 e. The molecule has 1 aromatic carbocycles. The van der Waals surface area contributed by atoms with Crippen LogP contribution in [0.15, 0.2) is 18.2 Å². The van der Waals surface area contributed by atoms with Crippen LogP contribution in [0, 0.1) is 10.1 Å². The van der Waals surface area contributed by atoms with Gasteiger partial charge < -0.3 is 5.32 Å². The number of benzene rings is 1. The number of carbonyl (C=O) groups is 2. The third kappa shape index (κ3) is 3.36. The van der Waals surface area contributed by atoms with E-state index < -0.39 is 4.92 Å². The number of hydrogen-bond acceptors (Lipinski definition) is 5. The highest BCUT2D eigenvalue weighted by Crippen LogP contribution is 2.25. The second kappa shape index (κ2) is 6.34. The largest absolute Gasteiger partial charge is 0.388 e. The lowest BCUT2D eigenvalue weighted by Crippen LogP contribution is -2.34. The molecule has 1 aliphatic heterocycles. The summed E-state index contributed by atoms with van der Waals surface area (Å²) in [6.45, 7) is 0.0650. The van der Waals surface area contributed by atoms with Gasteiger partial charge in [-0.2, -0.15) is 0 Å². The Morgan fingerprint density at radius 2 is 1.86 bits per heavy atom. The molecule has 0 radical (unpaired) electrons. The van der Waals surface area contributed by atoms with E-state index >= 15 is 0 Å². The number of amides is 2. The highest BCUT2D eigenvalue weighted by Gasteiger charge is 2.25. The minimum atomic E-state index is -0.491. The van der Waals surface area contributed by atoms with Gasteiger partial charge in [0.1, 0.15) is 0 Å². The number of rotatable bonds is 4. The number of nitro groups is 1. The van der Waals surface area contributed by atoms with Crippen LogP contribution in [0.5, 0.6) is 0 Å². The van der Waals surface area contributed by atoms with Gasteiger partial charge in [-0.05, 0) is 18.9 Å². The first kappa shape index (κ1) is 15.0. The summed E-state index contributed by atoms with van der Waals surface area (Å²) in [4.78, 5) is 35.6. The number of nitro benzene ring substituents is 1. The third-order valence-electron chi connectivity index (χ3n) is 3.53. The predicted molar refractivity (Wildman–Crippen MR) is 76.7 cm³/mol. The first-order chi connectivity index (χ1) is 10.0. The van der Waals surface area contributed by atoms with Crippen LogP contribution in [0.2, 0.25) is 0 Å². The number of imide groups is 1. The van der Waals surface area contributed by atoms with Crippen LogP contribution in [0.4, 0.5) is 11.4 Å². The van der Waals surface area contributed by atoms with Crippen molar-refractivity contribution in [1.29, 1.82) is 0 Å². The minimum Gasteiger partial charge on any atom is -0.388 e. The fraction of sp³-hybridized carbons (Fsp3) is 0.429. The lowest BCUT2D eigenvalue weighted by Gasteiger charge is -2.20. The third-order valence-corrected chi connectivity index (χ3v) is 3.53. The Balaban J connectivity index is 2.31. The zero-order valence-electron chi connectivity index (χ0n) is 11.8. The molecule has 2 rings (SSSR count). The summed E-state index contributed by atoms with van der Waals surface area (Å²) in [5.74, 6) is -0.433. The topological polar surface area (TPSA) is 92.6 Å². The maximum atomic E-state index is 12.0. The molecule has 1 fully saturated rings. The van der Waals surface area contributed by atoms with Gasteiger partial charge in [-0.25, -0.2) is 0 Å². The molecule has 0 aromatic heterocycles. The van der Waals surface area contributed by atoms with Crippen LogP contribution in [0.1, 0.15) is 31.2 Å². The molecule has 1 saturated heterocycles. The van der Waals surface area contributed by atoms with Gasteiger partial charge in [0.05, 0.1) is 11.5 Å². The van der Waals surface area contributed by atoms with Crippen molar-refractivity contribution in [2.45, 2.75) is 32.2 Å². The normalized spacial score (nSPS) is 15.8. The van der Waals surface area contributed by atoms with E-state index in [1.54, 1.807) is 13.1 Å². The summed E-state index contributed by atoms with van der Waals surface area (Å²) in [5.41, 5.74) is 1.18. The van der Waals surface area contributed by atoms with E-state index in [4.69, 9.17) is 0 Å². The van der Waals surface area contributed by atoms with Gasteiger partial charge in [0.15, 0.2) is 0 Å². The van der Waals surface area contributed by atoms with Gasteiger partial charge in [0.2, 0.25) is 11.8 Å². The lowest BCUT2D eigenvalue weighted by molar-refractivity contribution is -0.384. The summed E-state index contributed by atoms with van der Waals surface area (Å²) in [6, 6.07) is 4.37. The van der Waals surface area contributed by atoms with E-state index in [9.17, 15) is 19.7 Å². The molecular formula is C14H17N3O4. The zero-order chi connectivity index (χ0) is 15.4. The quantitative estimate of drug-likeness (QED) is 0.520. The number of likely N-dealkylation sites (tertiary alicyclic amines) is 1. The highest BCUT2D eigenvalue weighted by molar-refractivity contribution is 5.96. The van der Waals surface area contributed by atoms with E-state index in [-0.39, 0.29) is 24.0 Å². The molecule has 1 aliphatic rings. The van der Waals surface area contributed by atoms with Gasteiger partial charge in [-0.1, -0.05) is 0 Å². The maximum absolute atomic E-state index is 12.0. The SMILES string of the molecule is CNc1ccc([N+](=O)[O-])cc1CN1C(=O)CCCCC1=O. The van der Waals surface area contributed by atoms with Gasteiger partial charge in [-0.3, -0.25) is 24.6 Å². The number of nitrogens with one attached hydrogen (secondary N) is 1. The van der Waals surface area contributed by atoms with Gasteiger partial charge in [0, 0.05) is 43.3 Å². The van der Waals surface area contributed by atoms with Gasteiger partial charge in [-0.15, -0.1) is 0 Å². The molecule has 0 unspecified atom stereocenters. The predicted octanol–water partition coefficient (Wildman–Crippen LogP) is 2.07. The van der Waals surface area contributed by atoms with E-state index in [0.717, 1.165) is 0 Å². The van der Waals surface area contributed by atoms with Crippen LogP contribution >= 0.6 is 0 Å². The number of non-ortho nitro benzene ring substituents is 1. The van der Waals surface area contributed by atoms with Crippen molar-refractivity contribution >= 4 is 23.2 Å². The Bertz CT molecular complexity index is 568. The average Bonchev–Trinajstić information content (AvgIpc) is 2.62. The van der Waals surface area contributed by atoms with Crippen LogP contribution in [0.25, 0.3) is 0 Å². The number of hydrogen-bond donors (Lipinski definition) is 1. The molecule has 0 saturated carbocycles. The van der Waals surface area contributed by atoms with Crippen molar-refractivity contribution < 1.29 is 14.5 Å². The summed E-state index contributed by atoms with van der Waals surface area (Å²) in [7, 11) is 1.69. The lowest BCUT2D eigenvalue weighted by atomic mass is 10.1. The second-order valence-electron chi connectivity index (χ2n) is 4.93. The minimum absolute atomic E-state index is 0.0567. The van der Waals surface area contributed by atoms with Crippen molar-refractivity contribution in [2.24, 2.45) is 0 Å². The fourth-order valence-corrected chi connectivity index (χ4v) is 2.38. The molecule has 1 aromatic rings. The molecule has 7 nitrogen and oxygen atoms in total. The Morgan fingerprint density at radius 3 is 2.38 bits per heavy atom. The first-order valence-electron chi connectivity index (χ1n) is 6.81. The molecule has 1 N–H and O–H groups in total. The van der Waals surface area contributed by atoms with Crippen molar-refractivity contribution in [3.05, 3.63) is 33.9 Å². The number of anilines is 1. The standard InChI is InChI=1S/C14H17N3O4/c1-15-12-7-6-11(17(20)21)8-10(12)9-16-13(18)4-2-3-5-14(16)19/h6-8,15H,2-5,9H2,1H3. The molecule has 0 aliphatic carbocycles. The summed E-state index contributed by atoms with van der Waals surface area (Å²) in [6.07, 6.45) is 2.09. The summed E-state index contributed by atoms with van der Waals surface area (Å²) >= 11 is 0. The molecule has 2 amide bonds. The van der Waals surface area contributed by atoms with Gasteiger partial charge in [0.25, 0.3) is 5.69 Å². The first-order valence-corrected chi connectivity index (χ1v) is 6.81. The van der Waals surface area contributed by atoms with Crippen molar-refractivity contribution in [2.75, 3.05) is 12.4 Å². The molecule has 7 heteroatoms. The van der Waals surface area contributed by atoms with Crippen molar-refractivity contribution in [3.8, 4) is 0 Å². The Kier molecular flexibility index (Phi) is 4.52. The zero-order valence-corrected chi connectivity index (χ0v) is 11.8. The molecular weight excluding hydrogens is 274 g/mol. The second-order valence-corrected chi connectivity index (χ2v) is 4.93. The van der Waals surface area contributed by atoms with E-state index in [0.29, 0.717) is 36.9 Å². The number of nitrogens with zero attached hydrogens (tertiary/aromatic N) is 2. The Hall–Kier alpha value is -2.44. The molecule has 0 atom stereocenters. The molecule has 0 spiro atoms. The van der Waals surface area contributed by atoms with E-state index in [1.165, 1.54) is 17.0 Å². The average molecular weight is 291 g/mol. The molecule has 112 valence electrons. The van der Waals surface area contributed by atoms with Gasteiger partial charge >= 0.3 is 0 Å². The fourth-order valence-electron chi connectivity index (χ4n) is 2.38.